The molecule has 0 saturated carbocycles. The SMILES string of the molecule is CI.CN(C)C(CN)Cc1ccc2c(cnn2C)c1Cl. The van der Waals surface area contributed by atoms with E-state index < -0.39 is 0 Å². The molecule has 1 heterocycles. The highest BCUT2D eigenvalue weighted by Gasteiger charge is 2.14. The number of nitrogens with zero attached hydrogens (tertiary/aromatic N) is 3. The minimum atomic E-state index is 0.302. The van der Waals surface area contributed by atoms with E-state index in [0.717, 1.165) is 27.9 Å². The van der Waals surface area contributed by atoms with Crippen LogP contribution in [-0.4, -0.2) is 46.3 Å². The van der Waals surface area contributed by atoms with E-state index in [-0.39, 0.29) is 0 Å². The van der Waals surface area contributed by atoms with Crippen LogP contribution in [0.2, 0.25) is 5.02 Å². The minimum absolute atomic E-state index is 0.302. The largest absolute Gasteiger partial charge is 0.329 e. The van der Waals surface area contributed by atoms with Crippen molar-refractivity contribution in [1.82, 2.24) is 14.7 Å². The van der Waals surface area contributed by atoms with Crippen LogP contribution in [0.5, 0.6) is 0 Å². The summed E-state index contributed by atoms with van der Waals surface area (Å²) in [7, 11) is 5.99. The Balaban J connectivity index is 0.000000956. The number of aryl methyl sites for hydroxylation is 1. The molecule has 0 aliphatic rings. The van der Waals surface area contributed by atoms with Gasteiger partial charge in [-0.3, -0.25) is 4.68 Å². The lowest BCUT2D eigenvalue weighted by Gasteiger charge is -2.23. The van der Waals surface area contributed by atoms with Gasteiger partial charge in [0, 0.05) is 25.0 Å². The van der Waals surface area contributed by atoms with E-state index in [1.807, 2.05) is 37.0 Å². The highest BCUT2D eigenvalue weighted by atomic mass is 127. The molecule has 4 nitrogen and oxygen atoms in total. The number of aromatic nitrogens is 2. The van der Waals surface area contributed by atoms with Crippen LogP contribution in [0.25, 0.3) is 10.9 Å². The number of benzene rings is 1. The quantitative estimate of drug-likeness (QED) is 0.625. The average molecular weight is 409 g/mol. The highest BCUT2D eigenvalue weighted by molar-refractivity contribution is 14.1. The molecule has 0 saturated heterocycles. The van der Waals surface area contributed by atoms with Crippen molar-refractivity contribution < 1.29 is 0 Å². The molecule has 112 valence electrons. The smallest absolute Gasteiger partial charge is 0.0694 e. The summed E-state index contributed by atoms with van der Waals surface area (Å²) in [6.07, 6.45) is 2.67. The summed E-state index contributed by atoms with van der Waals surface area (Å²) in [5.74, 6) is 0. The molecule has 6 heteroatoms. The molecule has 1 unspecified atom stereocenters. The van der Waals surface area contributed by atoms with Crippen molar-refractivity contribution >= 4 is 45.1 Å². The first kappa shape index (κ1) is 17.7. The second-order valence-electron chi connectivity index (χ2n) is 4.80. The molecule has 1 aromatic carbocycles. The zero-order valence-corrected chi connectivity index (χ0v) is 15.3. The van der Waals surface area contributed by atoms with Crippen LogP contribution < -0.4 is 5.73 Å². The Kier molecular flexibility index (Phi) is 7.22. The van der Waals surface area contributed by atoms with E-state index >= 15 is 0 Å². The predicted octanol–water partition coefficient (Wildman–Crippen LogP) is 2.71. The third-order valence-corrected chi connectivity index (χ3v) is 3.85. The molecule has 2 rings (SSSR count). The monoisotopic (exact) mass is 408 g/mol. The van der Waals surface area contributed by atoms with Gasteiger partial charge in [0.15, 0.2) is 0 Å². The molecule has 0 aliphatic carbocycles. The summed E-state index contributed by atoms with van der Waals surface area (Å²) in [5, 5.41) is 6.03. The summed E-state index contributed by atoms with van der Waals surface area (Å²) in [6.45, 7) is 0.619. The van der Waals surface area contributed by atoms with Gasteiger partial charge in [0.25, 0.3) is 0 Å². The molecule has 0 aliphatic heterocycles. The number of nitrogens with two attached hydrogens (primary N) is 1. The zero-order chi connectivity index (χ0) is 15.3. The van der Waals surface area contributed by atoms with Crippen molar-refractivity contribution in [2.24, 2.45) is 12.8 Å². The molecule has 0 radical (unpaired) electrons. The number of halogens is 2. The van der Waals surface area contributed by atoms with Gasteiger partial charge >= 0.3 is 0 Å². The maximum Gasteiger partial charge on any atom is 0.0694 e. The predicted molar refractivity (Wildman–Crippen MR) is 95.9 cm³/mol. The van der Waals surface area contributed by atoms with E-state index in [1.165, 1.54) is 0 Å². The molecule has 0 bridgehead atoms. The molecule has 0 amide bonds. The number of rotatable bonds is 4. The first-order chi connectivity index (χ1) is 9.54. The van der Waals surface area contributed by atoms with E-state index in [0.29, 0.717) is 12.6 Å². The van der Waals surface area contributed by atoms with E-state index in [1.54, 1.807) is 0 Å². The van der Waals surface area contributed by atoms with Crippen LogP contribution in [0.4, 0.5) is 0 Å². The van der Waals surface area contributed by atoms with Gasteiger partial charge in [-0.05, 0) is 37.1 Å². The normalized spacial score (nSPS) is 12.4. The maximum absolute atomic E-state index is 6.45. The van der Waals surface area contributed by atoms with Gasteiger partial charge in [-0.25, -0.2) is 0 Å². The van der Waals surface area contributed by atoms with Gasteiger partial charge in [-0.2, -0.15) is 5.10 Å². The molecule has 20 heavy (non-hydrogen) atoms. The Labute approximate surface area is 139 Å². The fraction of sp³-hybridized carbons (Fsp3) is 0.500. The molecule has 1 atom stereocenters. The van der Waals surface area contributed by atoms with Gasteiger partial charge in [0.1, 0.15) is 0 Å². The number of hydrogen-bond acceptors (Lipinski definition) is 3. The van der Waals surface area contributed by atoms with Crippen molar-refractivity contribution in [3.05, 3.63) is 28.9 Å². The number of hydrogen-bond donors (Lipinski definition) is 1. The first-order valence-electron chi connectivity index (χ1n) is 6.38. The van der Waals surface area contributed by atoms with E-state index in [4.69, 9.17) is 17.3 Å². The van der Waals surface area contributed by atoms with Crippen LogP contribution in [0, 0.1) is 0 Å². The van der Waals surface area contributed by atoms with Crippen LogP contribution in [-0.2, 0) is 13.5 Å². The van der Waals surface area contributed by atoms with Crippen molar-refractivity contribution in [3.63, 3.8) is 0 Å². The lowest BCUT2D eigenvalue weighted by Crippen LogP contribution is -2.36. The van der Waals surface area contributed by atoms with Crippen molar-refractivity contribution in [2.75, 3.05) is 25.6 Å². The van der Waals surface area contributed by atoms with Crippen LogP contribution in [0.1, 0.15) is 5.56 Å². The van der Waals surface area contributed by atoms with Crippen molar-refractivity contribution in [2.45, 2.75) is 12.5 Å². The highest BCUT2D eigenvalue weighted by Crippen LogP contribution is 2.28. The van der Waals surface area contributed by atoms with Crippen LogP contribution in [0.15, 0.2) is 18.3 Å². The van der Waals surface area contributed by atoms with Gasteiger partial charge in [0.05, 0.1) is 16.7 Å². The number of fused-ring (bicyclic) bond motifs is 1. The topological polar surface area (TPSA) is 47.1 Å². The molecule has 0 spiro atoms. The number of alkyl halides is 1. The standard InChI is InChI=1S/C13H19ClN4.CH3I/c1-17(2)10(7-15)6-9-4-5-12-11(13(9)14)8-16-18(12)3;1-2/h4-5,8,10H,6-7,15H2,1-3H3;1H3. The van der Waals surface area contributed by atoms with Crippen molar-refractivity contribution in [1.29, 1.82) is 0 Å². The zero-order valence-electron chi connectivity index (χ0n) is 12.4. The Morgan fingerprint density at radius 2 is 2.05 bits per heavy atom. The third kappa shape index (κ3) is 3.84. The lowest BCUT2D eigenvalue weighted by atomic mass is 10.0. The Morgan fingerprint density at radius 1 is 1.40 bits per heavy atom. The average Bonchev–Trinajstić information content (AvgIpc) is 2.82. The van der Waals surface area contributed by atoms with E-state index in [2.05, 4.69) is 44.7 Å². The lowest BCUT2D eigenvalue weighted by molar-refractivity contribution is 0.298. The molecule has 1 aromatic heterocycles. The van der Waals surface area contributed by atoms with Gasteiger partial charge in [-0.1, -0.05) is 40.3 Å². The first-order valence-corrected chi connectivity index (χ1v) is 8.91. The van der Waals surface area contributed by atoms with Gasteiger partial charge < -0.3 is 10.6 Å². The summed E-state index contributed by atoms with van der Waals surface area (Å²) < 4.78 is 1.83. The van der Waals surface area contributed by atoms with Gasteiger partial charge in [-0.15, -0.1) is 0 Å². The Bertz CT molecular complexity index is 553. The van der Waals surface area contributed by atoms with E-state index in [9.17, 15) is 0 Å². The fourth-order valence-corrected chi connectivity index (χ4v) is 2.41. The molecular weight excluding hydrogens is 387 g/mol. The minimum Gasteiger partial charge on any atom is -0.329 e. The second kappa shape index (κ2) is 8.17. The molecule has 2 aromatic rings. The number of likely N-dealkylation sites (N-methyl/N-ethyl adjacent to an activating group) is 1. The summed E-state index contributed by atoms with van der Waals surface area (Å²) in [4.78, 5) is 4.10. The van der Waals surface area contributed by atoms with Crippen LogP contribution >= 0.6 is 34.2 Å². The summed E-state index contributed by atoms with van der Waals surface area (Å²) in [5.41, 5.74) is 7.97. The summed E-state index contributed by atoms with van der Waals surface area (Å²) >= 11 is 8.60. The third-order valence-electron chi connectivity index (χ3n) is 3.40. The fourth-order valence-electron chi connectivity index (χ4n) is 2.13. The van der Waals surface area contributed by atoms with Crippen molar-refractivity contribution in [3.8, 4) is 0 Å². The Morgan fingerprint density at radius 3 is 2.60 bits per heavy atom. The van der Waals surface area contributed by atoms with Crippen LogP contribution in [0.3, 0.4) is 0 Å². The maximum atomic E-state index is 6.45. The Hall–Kier alpha value is -0.370. The molecule has 2 N–H and O–H groups in total. The van der Waals surface area contributed by atoms with Gasteiger partial charge in [0.2, 0.25) is 0 Å². The second-order valence-corrected chi connectivity index (χ2v) is 5.17. The molecular formula is C14H22ClIN4. The molecule has 0 fully saturated rings. The summed E-state index contributed by atoms with van der Waals surface area (Å²) in [6, 6.07) is 4.43.